The van der Waals surface area contributed by atoms with E-state index in [4.69, 9.17) is 0 Å². The Morgan fingerprint density at radius 2 is 1.83 bits per heavy atom. The first-order valence-electron chi connectivity index (χ1n) is 6.04. The molecule has 1 aromatic rings. The topological polar surface area (TPSA) is 57.7 Å². The highest BCUT2D eigenvalue weighted by atomic mass is 19.4. The van der Waals surface area contributed by atoms with E-state index in [1.165, 1.54) is 6.92 Å². The van der Waals surface area contributed by atoms with Crippen LogP contribution < -0.4 is 9.47 Å². The van der Waals surface area contributed by atoms with E-state index in [-0.39, 0.29) is 6.61 Å². The number of hydrogen-bond donors (Lipinski definition) is 0. The summed E-state index contributed by atoms with van der Waals surface area (Å²) in [5.74, 6) is -3.57. The SMILES string of the molecule is CCOC(=O)Cc1cc(OC(F)(F)F)c(C(F)(F)F)c(OC)n1. The Kier molecular flexibility index (Phi) is 5.67. The molecule has 23 heavy (non-hydrogen) atoms. The van der Waals surface area contributed by atoms with Crippen LogP contribution in [0.25, 0.3) is 0 Å². The van der Waals surface area contributed by atoms with E-state index in [1.807, 2.05) is 0 Å². The number of esters is 1. The first kappa shape index (κ1) is 18.8. The average Bonchev–Trinajstić information content (AvgIpc) is 2.34. The van der Waals surface area contributed by atoms with Crippen LogP contribution in [0.1, 0.15) is 18.2 Å². The molecule has 0 aliphatic rings. The molecule has 0 fully saturated rings. The summed E-state index contributed by atoms with van der Waals surface area (Å²) in [6.45, 7) is 1.47. The molecule has 0 spiro atoms. The summed E-state index contributed by atoms with van der Waals surface area (Å²) < 4.78 is 88.1. The van der Waals surface area contributed by atoms with Gasteiger partial charge < -0.3 is 14.2 Å². The van der Waals surface area contributed by atoms with E-state index in [0.29, 0.717) is 6.07 Å². The largest absolute Gasteiger partial charge is 0.573 e. The molecule has 1 heterocycles. The van der Waals surface area contributed by atoms with Gasteiger partial charge in [-0.1, -0.05) is 0 Å². The van der Waals surface area contributed by atoms with Crippen LogP contribution in [0, 0.1) is 0 Å². The number of alkyl halides is 6. The molecule has 0 saturated carbocycles. The second kappa shape index (κ2) is 6.92. The Balaban J connectivity index is 3.38. The zero-order chi connectivity index (χ0) is 17.8. The van der Waals surface area contributed by atoms with Gasteiger partial charge in [0, 0.05) is 6.07 Å². The van der Waals surface area contributed by atoms with E-state index in [0.717, 1.165) is 7.11 Å². The van der Waals surface area contributed by atoms with Crippen molar-refractivity contribution < 1.29 is 45.3 Å². The standard InChI is InChI=1S/C12H11F6NO4/c1-3-22-8(20)5-6-4-7(23-12(16,17)18)9(11(13,14)15)10(19-6)21-2/h4H,3,5H2,1-2H3. The molecule has 0 radical (unpaired) electrons. The molecule has 0 aliphatic heterocycles. The lowest BCUT2D eigenvalue weighted by Crippen LogP contribution is -2.22. The number of pyridine rings is 1. The van der Waals surface area contributed by atoms with Crippen molar-refractivity contribution >= 4 is 5.97 Å². The third-order valence-corrected chi connectivity index (χ3v) is 2.34. The van der Waals surface area contributed by atoms with Gasteiger partial charge in [0.15, 0.2) is 5.56 Å². The quantitative estimate of drug-likeness (QED) is 0.605. The molecule has 1 rings (SSSR count). The summed E-state index contributed by atoms with van der Waals surface area (Å²) in [6, 6.07) is 0.371. The minimum absolute atomic E-state index is 0.0114. The number of methoxy groups -OCH3 is 1. The lowest BCUT2D eigenvalue weighted by Gasteiger charge is -2.18. The van der Waals surface area contributed by atoms with Crippen LogP contribution in [0.2, 0.25) is 0 Å². The summed E-state index contributed by atoms with van der Waals surface area (Å²) >= 11 is 0. The average molecular weight is 347 g/mol. The number of halogens is 6. The molecule has 11 heteroatoms. The van der Waals surface area contributed by atoms with E-state index in [9.17, 15) is 31.1 Å². The number of carbonyl (C=O) groups excluding carboxylic acids is 1. The van der Waals surface area contributed by atoms with Crippen LogP contribution in [0.15, 0.2) is 6.07 Å². The maximum Gasteiger partial charge on any atom is 0.573 e. The van der Waals surface area contributed by atoms with E-state index in [2.05, 4.69) is 19.2 Å². The lowest BCUT2D eigenvalue weighted by molar-refractivity contribution is -0.276. The molecular weight excluding hydrogens is 336 g/mol. The Morgan fingerprint density at radius 3 is 2.26 bits per heavy atom. The molecule has 0 saturated heterocycles. The fraction of sp³-hybridized carbons (Fsp3) is 0.500. The molecule has 0 bridgehead atoms. The van der Waals surface area contributed by atoms with Gasteiger partial charge in [0.05, 0.1) is 25.8 Å². The molecule has 0 aliphatic carbocycles. The number of rotatable bonds is 5. The summed E-state index contributed by atoms with van der Waals surface area (Å²) in [5, 5.41) is 0. The van der Waals surface area contributed by atoms with Gasteiger partial charge in [0.2, 0.25) is 5.88 Å². The summed E-state index contributed by atoms with van der Waals surface area (Å²) in [7, 11) is 0.795. The maximum absolute atomic E-state index is 12.9. The van der Waals surface area contributed by atoms with Crippen molar-refractivity contribution in [3.8, 4) is 11.6 Å². The molecule has 0 aromatic carbocycles. The van der Waals surface area contributed by atoms with Gasteiger partial charge in [-0.2, -0.15) is 13.2 Å². The molecular formula is C12H11F6NO4. The van der Waals surface area contributed by atoms with Crippen molar-refractivity contribution in [2.75, 3.05) is 13.7 Å². The second-order valence-corrected chi connectivity index (χ2v) is 4.02. The minimum Gasteiger partial charge on any atom is -0.480 e. The van der Waals surface area contributed by atoms with Gasteiger partial charge in [-0.15, -0.1) is 13.2 Å². The van der Waals surface area contributed by atoms with Gasteiger partial charge in [0.1, 0.15) is 5.75 Å². The molecule has 0 amide bonds. The smallest absolute Gasteiger partial charge is 0.480 e. The van der Waals surface area contributed by atoms with Crippen LogP contribution >= 0.6 is 0 Å². The van der Waals surface area contributed by atoms with Gasteiger partial charge >= 0.3 is 18.5 Å². The third kappa shape index (κ3) is 5.49. The Hall–Kier alpha value is -2.20. The van der Waals surface area contributed by atoms with Crippen LogP contribution in [0.5, 0.6) is 11.6 Å². The highest BCUT2D eigenvalue weighted by Crippen LogP contribution is 2.43. The fourth-order valence-electron chi connectivity index (χ4n) is 1.61. The first-order chi connectivity index (χ1) is 10.5. The van der Waals surface area contributed by atoms with Crippen molar-refractivity contribution in [2.24, 2.45) is 0 Å². The number of aromatic nitrogens is 1. The van der Waals surface area contributed by atoms with Crippen LogP contribution in [-0.2, 0) is 22.1 Å². The van der Waals surface area contributed by atoms with Crippen molar-refractivity contribution in [1.82, 2.24) is 4.98 Å². The Morgan fingerprint density at radius 1 is 1.22 bits per heavy atom. The van der Waals surface area contributed by atoms with Crippen molar-refractivity contribution in [2.45, 2.75) is 25.9 Å². The third-order valence-electron chi connectivity index (χ3n) is 2.34. The van der Waals surface area contributed by atoms with Crippen molar-refractivity contribution in [1.29, 1.82) is 0 Å². The monoisotopic (exact) mass is 347 g/mol. The van der Waals surface area contributed by atoms with Gasteiger partial charge in [-0.25, -0.2) is 4.98 Å². The maximum atomic E-state index is 12.9. The molecule has 1 aromatic heterocycles. The highest BCUT2D eigenvalue weighted by Gasteiger charge is 2.43. The Labute approximate surface area is 126 Å². The molecule has 0 atom stereocenters. The fourth-order valence-corrected chi connectivity index (χ4v) is 1.61. The number of nitrogens with zero attached hydrogens (tertiary/aromatic N) is 1. The summed E-state index contributed by atoms with van der Waals surface area (Å²) in [6.07, 6.45) is -11.2. The predicted octanol–water partition coefficient (Wildman–Crippen LogP) is 3.11. The summed E-state index contributed by atoms with van der Waals surface area (Å²) in [4.78, 5) is 14.7. The van der Waals surface area contributed by atoms with Crippen molar-refractivity contribution in [3.63, 3.8) is 0 Å². The zero-order valence-corrected chi connectivity index (χ0v) is 11.8. The number of hydrogen-bond acceptors (Lipinski definition) is 5. The van der Waals surface area contributed by atoms with Gasteiger partial charge in [0.25, 0.3) is 0 Å². The predicted molar refractivity (Wildman–Crippen MR) is 62.8 cm³/mol. The summed E-state index contributed by atoms with van der Waals surface area (Å²) in [5.41, 5.74) is -2.25. The van der Waals surface area contributed by atoms with Crippen molar-refractivity contribution in [3.05, 3.63) is 17.3 Å². The normalized spacial score (nSPS) is 12.0. The van der Waals surface area contributed by atoms with Gasteiger partial charge in [-0.3, -0.25) is 4.79 Å². The van der Waals surface area contributed by atoms with E-state index < -0.39 is 47.8 Å². The minimum atomic E-state index is -5.37. The molecule has 0 unspecified atom stereocenters. The number of ether oxygens (including phenoxy) is 3. The van der Waals surface area contributed by atoms with Crippen LogP contribution in [-0.4, -0.2) is 31.0 Å². The molecule has 5 nitrogen and oxygen atoms in total. The zero-order valence-electron chi connectivity index (χ0n) is 11.8. The van der Waals surface area contributed by atoms with Crippen LogP contribution in [0.4, 0.5) is 26.3 Å². The molecule has 0 N–H and O–H groups in total. The van der Waals surface area contributed by atoms with Crippen LogP contribution in [0.3, 0.4) is 0 Å². The van der Waals surface area contributed by atoms with E-state index >= 15 is 0 Å². The van der Waals surface area contributed by atoms with Gasteiger partial charge in [-0.05, 0) is 6.92 Å². The first-order valence-corrected chi connectivity index (χ1v) is 6.04. The highest BCUT2D eigenvalue weighted by molar-refractivity contribution is 5.72. The second-order valence-electron chi connectivity index (χ2n) is 4.02. The lowest BCUT2D eigenvalue weighted by atomic mass is 10.2. The van der Waals surface area contributed by atoms with E-state index in [1.54, 1.807) is 0 Å². The molecule has 130 valence electrons. The Bertz CT molecular complexity index is 570. The number of carbonyl (C=O) groups is 1.